The second-order valence-corrected chi connectivity index (χ2v) is 5.90. The fourth-order valence-electron chi connectivity index (χ4n) is 2.77. The third kappa shape index (κ3) is 4.11. The lowest BCUT2D eigenvalue weighted by atomic mass is 10.0. The highest BCUT2D eigenvalue weighted by molar-refractivity contribution is 5.94. The summed E-state index contributed by atoms with van der Waals surface area (Å²) in [6, 6.07) is 14.5. The van der Waals surface area contributed by atoms with Crippen molar-refractivity contribution < 1.29 is 14.6 Å². The summed E-state index contributed by atoms with van der Waals surface area (Å²) in [5.74, 6) is 0.783. The highest BCUT2D eigenvalue weighted by Gasteiger charge is 2.15. The van der Waals surface area contributed by atoms with Crippen LogP contribution in [0.25, 0.3) is 11.1 Å². The minimum Gasteiger partial charge on any atom is -0.508 e. The molecule has 4 nitrogen and oxygen atoms in total. The van der Waals surface area contributed by atoms with Gasteiger partial charge in [-0.3, -0.25) is 4.79 Å². The number of hydrogen-bond acceptors (Lipinski definition) is 3. The van der Waals surface area contributed by atoms with Gasteiger partial charge in [0.1, 0.15) is 5.75 Å². The summed E-state index contributed by atoms with van der Waals surface area (Å²) >= 11 is 0. The fraction of sp³-hybridized carbons (Fsp3) is 0.316. The van der Waals surface area contributed by atoms with E-state index in [1.807, 2.05) is 36.4 Å². The molecule has 120 valence electrons. The predicted octanol–water partition coefficient (Wildman–Crippen LogP) is 3.22. The Morgan fingerprint density at radius 3 is 2.35 bits per heavy atom. The van der Waals surface area contributed by atoms with Crippen LogP contribution in [0.5, 0.6) is 5.75 Å². The second kappa shape index (κ2) is 7.29. The molecular weight excluding hydrogens is 290 g/mol. The summed E-state index contributed by atoms with van der Waals surface area (Å²) in [4.78, 5) is 12.1. The van der Waals surface area contributed by atoms with E-state index in [4.69, 9.17) is 4.74 Å². The third-order valence-electron chi connectivity index (χ3n) is 4.21. The van der Waals surface area contributed by atoms with E-state index in [1.54, 1.807) is 12.1 Å². The van der Waals surface area contributed by atoms with E-state index in [9.17, 15) is 9.90 Å². The van der Waals surface area contributed by atoms with Crippen molar-refractivity contribution in [3.8, 4) is 16.9 Å². The molecule has 1 saturated heterocycles. The molecule has 4 heteroatoms. The van der Waals surface area contributed by atoms with E-state index < -0.39 is 0 Å². The first kappa shape index (κ1) is 15.6. The topological polar surface area (TPSA) is 58.6 Å². The lowest BCUT2D eigenvalue weighted by molar-refractivity contribution is 0.0950. The number of carbonyl (C=O) groups is 1. The molecule has 0 radical (unpaired) electrons. The van der Waals surface area contributed by atoms with Crippen molar-refractivity contribution in [2.75, 3.05) is 19.8 Å². The highest BCUT2D eigenvalue weighted by atomic mass is 16.5. The number of hydrogen-bond donors (Lipinski definition) is 2. The van der Waals surface area contributed by atoms with Gasteiger partial charge in [-0.25, -0.2) is 0 Å². The Bertz CT molecular complexity index is 643. The Balaban J connectivity index is 1.55. The maximum atomic E-state index is 12.1. The van der Waals surface area contributed by atoms with Gasteiger partial charge in [0.15, 0.2) is 0 Å². The number of ether oxygens (including phenoxy) is 1. The second-order valence-electron chi connectivity index (χ2n) is 5.90. The van der Waals surface area contributed by atoms with Gasteiger partial charge in [0.05, 0.1) is 0 Å². The number of benzene rings is 2. The first-order valence-electron chi connectivity index (χ1n) is 7.98. The summed E-state index contributed by atoms with van der Waals surface area (Å²) in [6.45, 7) is 2.35. The van der Waals surface area contributed by atoms with Gasteiger partial charge < -0.3 is 15.2 Å². The molecule has 23 heavy (non-hydrogen) atoms. The van der Waals surface area contributed by atoms with Crippen molar-refractivity contribution in [2.45, 2.75) is 12.8 Å². The minimum absolute atomic E-state index is 0.0406. The smallest absolute Gasteiger partial charge is 0.251 e. The van der Waals surface area contributed by atoms with Crippen LogP contribution >= 0.6 is 0 Å². The molecule has 3 rings (SSSR count). The summed E-state index contributed by atoms with van der Waals surface area (Å²) in [5, 5.41) is 12.3. The Morgan fingerprint density at radius 1 is 1.09 bits per heavy atom. The zero-order valence-corrected chi connectivity index (χ0v) is 13.0. The van der Waals surface area contributed by atoms with E-state index in [2.05, 4.69) is 5.32 Å². The highest BCUT2D eigenvalue weighted by Crippen LogP contribution is 2.22. The van der Waals surface area contributed by atoms with Crippen LogP contribution in [0, 0.1) is 5.92 Å². The Morgan fingerprint density at radius 2 is 1.74 bits per heavy atom. The Labute approximate surface area is 136 Å². The molecule has 1 unspecified atom stereocenters. The number of amides is 1. The minimum atomic E-state index is -0.0406. The number of rotatable bonds is 5. The molecule has 1 aliphatic heterocycles. The van der Waals surface area contributed by atoms with Crippen LogP contribution in [-0.2, 0) is 4.74 Å². The lowest BCUT2D eigenvalue weighted by Crippen LogP contribution is -2.26. The van der Waals surface area contributed by atoms with Gasteiger partial charge in [-0.15, -0.1) is 0 Å². The van der Waals surface area contributed by atoms with Crippen molar-refractivity contribution in [3.05, 3.63) is 54.1 Å². The van der Waals surface area contributed by atoms with Gasteiger partial charge in [-0.2, -0.15) is 0 Å². The van der Waals surface area contributed by atoms with Crippen LogP contribution < -0.4 is 5.32 Å². The van der Waals surface area contributed by atoms with E-state index in [0.717, 1.165) is 37.2 Å². The first-order valence-corrected chi connectivity index (χ1v) is 7.98. The van der Waals surface area contributed by atoms with Gasteiger partial charge in [0.2, 0.25) is 0 Å². The number of aromatic hydroxyl groups is 1. The van der Waals surface area contributed by atoms with Crippen molar-refractivity contribution in [3.63, 3.8) is 0 Å². The Hall–Kier alpha value is -2.33. The van der Waals surface area contributed by atoms with Crippen LogP contribution in [0.3, 0.4) is 0 Å². The van der Waals surface area contributed by atoms with Crippen molar-refractivity contribution >= 4 is 5.91 Å². The molecule has 0 aromatic heterocycles. The van der Waals surface area contributed by atoms with Gasteiger partial charge in [0.25, 0.3) is 5.91 Å². The molecule has 2 aromatic rings. The predicted molar refractivity (Wildman–Crippen MR) is 89.4 cm³/mol. The average Bonchev–Trinajstić information content (AvgIpc) is 3.09. The number of phenols is 1. The first-order chi connectivity index (χ1) is 11.2. The van der Waals surface area contributed by atoms with Gasteiger partial charge >= 0.3 is 0 Å². The standard InChI is InChI=1S/C19H21NO3/c21-18-7-5-16(6-8-18)15-1-3-17(4-2-15)19(22)20-11-9-14-10-12-23-13-14/h1-8,14,21H,9-13H2,(H,20,22). The monoisotopic (exact) mass is 311 g/mol. The average molecular weight is 311 g/mol. The summed E-state index contributed by atoms with van der Waals surface area (Å²) in [5.41, 5.74) is 2.69. The molecule has 1 aliphatic rings. The normalized spacial score (nSPS) is 17.1. The molecule has 1 amide bonds. The molecule has 0 aliphatic carbocycles. The number of carbonyl (C=O) groups excluding carboxylic acids is 1. The zero-order chi connectivity index (χ0) is 16.1. The molecule has 1 fully saturated rings. The van der Waals surface area contributed by atoms with Gasteiger partial charge in [-0.1, -0.05) is 24.3 Å². The van der Waals surface area contributed by atoms with Crippen LogP contribution in [0.4, 0.5) is 0 Å². The van der Waals surface area contributed by atoms with Crippen LogP contribution in [-0.4, -0.2) is 30.8 Å². The zero-order valence-electron chi connectivity index (χ0n) is 13.0. The van der Waals surface area contributed by atoms with Crippen molar-refractivity contribution in [2.24, 2.45) is 5.92 Å². The van der Waals surface area contributed by atoms with Crippen molar-refractivity contribution in [1.82, 2.24) is 5.32 Å². The molecule has 2 N–H and O–H groups in total. The fourth-order valence-corrected chi connectivity index (χ4v) is 2.77. The quantitative estimate of drug-likeness (QED) is 0.891. The molecular formula is C19H21NO3. The maximum absolute atomic E-state index is 12.1. The largest absolute Gasteiger partial charge is 0.508 e. The SMILES string of the molecule is O=C(NCCC1CCOC1)c1ccc(-c2ccc(O)cc2)cc1. The lowest BCUT2D eigenvalue weighted by Gasteiger charge is -2.09. The van der Waals surface area contributed by atoms with E-state index >= 15 is 0 Å². The van der Waals surface area contributed by atoms with E-state index in [0.29, 0.717) is 18.0 Å². The van der Waals surface area contributed by atoms with Crippen LogP contribution in [0.15, 0.2) is 48.5 Å². The Kier molecular flexibility index (Phi) is 4.93. The van der Waals surface area contributed by atoms with Crippen LogP contribution in [0.1, 0.15) is 23.2 Å². The molecule has 2 aromatic carbocycles. The van der Waals surface area contributed by atoms with Gasteiger partial charge in [-0.05, 0) is 54.2 Å². The molecule has 0 bridgehead atoms. The number of phenolic OH excluding ortho intramolecular Hbond substituents is 1. The molecule has 1 atom stereocenters. The summed E-state index contributed by atoms with van der Waals surface area (Å²) in [7, 11) is 0. The molecule has 1 heterocycles. The summed E-state index contributed by atoms with van der Waals surface area (Å²) < 4.78 is 5.33. The molecule has 0 saturated carbocycles. The third-order valence-corrected chi connectivity index (χ3v) is 4.21. The van der Waals surface area contributed by atoms with Crippen molar-refractivity contribution in [1.29, 1.82) is 0 Å². The van der Waals surface area contributed by atoms with Gasteiger partial charge in [0, 0.05) is 25.3 Å². The summed E-state index contributed by atoms with van der Waals surface area (Å²) in [6.07, 6.45) is 2.06. The van der Waals surface area contributed by atoms with E-state index in [1.165, 1.54) is 0 Å². The number of nitrogens with one attached hydrogen (secondary N) is 1. The van der Waals surface area contributed by atoms with Crippen LogP contribution in [0.2, 0.25) is 0 Å². The molecule has 0 spiro atoms. The maximum Gasteiger partial charge on any atom is 0.251 e. The van der Waals surface area contributed by atoms with E-state index in [-0.39, 0.29) is 11.7 Å².